The molecule has 0 aliphatic heterocycles. The van der Waals surface area contributed by atoms with Crippen LogP contribution in [0.5, 0.6) is 11.6 Å². The molecule has 0 bridgehead atoms. The second-order valence-electron chi connectivity index (χ2n) is 5.97. The number of carbonyl (C=O) groups excluding carboxylic acids is 1. The van der Waals surface area contributed by atoms with E-state index in [0.29, 0.717) is 11.3 Å². The summed E-state index contributed by atoms with van der Waals surface area (Å²) in [5.74, 6) is -0.942. The fourth-order valence-corrected chi connectivity index (χ4v) is 2.76. The molecule has 0 aliphatic carbocycles. The average Bonchev–Trinajstić information content (AvgIpc) is 3.09. The van der Waals surface area contributed by atoms with E-state index in [1.807, 2.05) is 6.07 Å². The number of aromatic hydroxyl groups is 1. The number of rotatable bonds is 7. The van der Waals surface area contributed by atoms with Gasteiger partial charge in [-0.15, -0.1) is 10.2 Å². The van der Waals surface area contributed by atoms with E-state index in [4.69, 9.17) is 9.47 Å². The van der Waals surface area contributed by atoms with E-state index in [9.17, 15) is 20.0 Å². The topological polar surface area (TPSA) is 139 Å². The SMILES string of the molecule is CCOC(=O)c1c(-c2ccccc2)[nH]c(O)c1N=Nc1ccc([N+](=O)[O-])cc1OC. The number of benzene rings is 2. The molecule has 0 radical (unpaired) electrons. The minimum Gasteiger partial charge on any atom is -0.494 e. The Kier molecular flexibility index (Phi) is 6.06. The summed E-state index contributed by atoms with van der Waals surface area (Å²) < 4.78 is 10.2. The van der Waals surface area contributed by atoms with Crippen molar-refractivity contribution in [3.63, 3.8) is 0 Å². The van der Waals surface area contributed by atoms with Gasteiger partial charge in [0.2, 0.25) is 5.88 Å². The summed E-state index contributed by atoms with van der Waals surface area (Å²) in [5, 5.41) is 29.3. The van der Waals surface area contributed by atoms with Crippen LogP contribution in [0.4, 0.5) is 17.1 Å². The number of hydrogen-bond acceptors (Lipinski definition) is 8. The summed E-state index contributed by atoms with van der Waals surface area (Å²) in [7, 11) is 1.34. The number of esters is 1. The molecule has 0 aliphatic rings. The maximum atomic E-state index is 12.6. The first-order valence-electron chi connectivity index (χ1n) is 8.87. The van der Waals surface area contributed by atoms with Crippen LogP contribution in [0.2, 0.25) is 0 Å². The van der Waals surface area contributed by atoms with Crippen molar-refractivity contribution in [2.24, 2.45) is 10.2 Å². The van der Waals surface area contributed by atoms with Gasteiger partial charge in [0.25, 0.3) is 5.69 Å². The molecule has 154 valence electrons. The summed E-state index contributed by atoms with van der Waals surface area (Å²) in [5.41, 5.74) is 0.882. The van der Waals surface area contributed by atoms with Gasteiger partial charge in [0.15, 0.2) is 11.4 Å². The Hall–Kier alpha value is -4.21. The number of aromatic amines is 1. The highest BCUT2D eigenvalue weighted by Gasteiger charge is 2.26. The van der Waals surface area contributed by atoms with Crippen LogP contribution in [0, 0.1) is 10.1 Å². The molecular formula is C20H18N4O6. The van der Waals surface area contributed by atoms with Crippen molar-refractivity contribution < 1.29 is 24.3 Å². The summed E-state index contributed by atoms with van der Waals surface area (Å²) in [6.45, 7) is 1.79. The second-order valence-corrected chi connectivity index (χ2v) is 5.97. The van der Waals surface area contributed by atoms with Crippen molar-refractivity contribution in [2.45, 2.75) is 6.92 Å². The van der Waals surface area contributed by atoms with Crippen LogP contribution in [0.15, 0.2) is 58.8 Å². The van der Waals surface area contributed by atoms with E-state index in [1.165, 1.54) is 25.3 Å². The van der Waals surface area contributed by atoms with E-state index in [2.05, 4.69) is 15.2 Å². The van der Waals surface area contributed by atoms with Crippen LogP contribution >= 0.6 is 0 Å². The van der Waals surface area contributed by atoms with Crippen LogP contribution in [-0.2, 0) is 4.74 Å². The number of methoxy groups -OCH3 is 1. The van der Waals surface area contributed by atoms with Crippen molar-refractivity contribution in [2.75, 3.05) is 13.7 Å². The zero-order chi connectivity index (χ0) is 21.7. The lowest BCUT2D eigenvalue weighted by Gasteiger charge is -2.05. The molecule has 2 aromatic carbocycles. The Balaban J connectivity index is 2.09. The van der Waals surface area contributed by atoms with E-state index in [1.54, 1.807) is 31.2 Å². The van der Waals surface area contributed by atoms with E-state index in [-0.39, 0.29) is 40.9 Å². The smallest absolute Gasteiger partial charge is 0.342 e. The first-order chi connectivity index (χ1) is 14.5. The van der Waals surface area contributed by atoms with Crippen LogP contribution in [0.25, 0.3) is 11.3 Å². The Morgan fingerprint density at radius 1 is 1.20 bits per heavy atom. The molecule has 0 fully saturated rings. The fraction of sp³-hybridized carbons (Fsp3) is 0.150. The van der Waals surface area contributed by atoms with E-state index in [0.717, 1.165) is 0 Å². The Labute approximate surface area is 170 Å². The van der Waals surface area contributed by atoms with Gasteiger partial charge in [-0.25, -0.2) is 4.79 Å². The monoisotopic (exact) mass is 410 g/mol. The highest BCUT2D eigenvalue weighted by Crippen LogP contribution is 2.40. The van der Waals surface area contributed by atoms with Crippen molar-refractivity contribution in [3.05, 3.63) is 64.2 Å². The summed E-state index contributed by atoms with van der Waals surface area (Å²) >= 11 is 0. The summed E-state index contributed by atoms with van der Waals surface area (Å²) in [6, 6.07) is 12.7. The lowest BCUT2D eigenvalue weighted by Crippen LogP contribution is -2.05. The third-order valence-corrected chi connectivity index (χ3v) is 4.13. The molecule has 0 atom stereocenters. The molecule has 2 N–H and O–H groups in total. The number of non-ortho nitro benzene ring substituents is 1. The van der Waals surface area contributed by atoms with Crippen molar-refractivity contribution in [1.82, 2.24) is 4.98 Å². The molecule has 0 unspecified atom stereocenters. The molecule has 3 aromatic rings. The van der Waals surface area contributed by atoms with Gasteiger partial charge < -0.3 is 19.6 Å². The van der Waals surface area contributed by atoms with Crippen molar-refractivity contribution in [1.29, 1.82) is 0 Å². The maximum absolute atomic E-state index is 12.6. The number of H-pyrrole nitrogens is 1. The van der Waals surface area contributed by atoms with Crippen molar-refractivity contribution in [3.8, 4) is 22.9 Å². The Morgan fingerprint density at radius 2 is 1.93 bits per heavy atom. The number of azo groups is 1. The number of nitro benzene ring substituents is 1. The first-order valence-corrected chi connectivity index (χ1v) is 8.87. The highest BCUT2D eigenvalue weighted by atomic mass is 16.6. The number of nitro groups is 1. The number of nitrogens with zero attached hydrogens (tertiary/aromatic N) is 3. The predicted octanol–water partition coefficient (Wildman–Crippen LogP) is 4.90. The first kappa shape index (κ1) is 20.5. The number of ether oxygens (including phenoxy) is 2. The number of hydrogen-bond donors (Lipinski definition) is 2. The molecule has 30 heavy (non-hydrogen) atoms. The lowest BCUT2D eigenvalue weighted by molar-refractivity contribution is -0.384. The number of nitrogens with one attached hydrogen (secondary N) is 1. The van der Waals surface area contributed by atoms with Gasteiger partial charge in [0.1, 0.15) is 11.3 Å². The molecular weight excluding hydrogens is 392 g/mol. The van der Waals surface area contributed by atoms with Gasteiger partial charge in [-0.05, 0) is 18.6 Å². The van der Waals surface area contributed by atoms with Gasteiger partial charge in [-0.3, -0.25) is 10.1 Å². The third kappa shape index (κ3) is 4.12. The molecule has 0 saturated carbocycles. The molecule has 10 heteroatoms. The zero-order valence-electron chi connectivity index (χ0n) is 16.2. The minimum atomic E-state index is -0.683. The van der Waals surface area contributed by atoms with Gasteiger partial charge in [-0.1, -0.05) is 30.3 Å². The minimum absolute atomic E-state index is 0.0187. The zero-order valence-corrected chi connectivity index (χ0v) is 16.2. The third-order valence-electron chi connectivity index (χ3n) is 4.13. The highest BCUT2D eigenvalue weighted by molar-refractivity contribution is 6.03. The average molecular weight is 410 g/mol. The predicted molar refractivity (Wildman–Crippen MR) is 108 cm³/mol. The van der Waals surface area contributed by atoms with Crippen LogP contribution in [0.3, 0.4) is 0 Å². The van der Waals surface area contributed by atoms with Gasteiger partial charge in [-0.2, -0.15) is 0 Å². The Bertz CT molecular complexity index is 1110. The molecule has 1 heterocycles. The fourth-order valence-electron chi connectivity index (χ4n) is 2.76. The maximum Gasteiger partial charge on any atom is 0.342 e. The molecule has 0 amide bonds. The molecule has 0 spiro atoms. The number of aromatic nitrogens is 1. The van der Waals surface area contributed by atoms with Gasteiger partial charge >= 0.3 is 5.97 Å². The van der Waals surface area contributed by atoms with Gasteiger partial charge in [0.05, 0.1) is 30.4 Å². The van der Waals surface area contributed by atoms with Crippen LogP contribution < -0.4 is 4.74 Å². The second kappa shape index (κ2) is 8.86. The van der Waals surface area contributed by atoms with Crippen LogP contribution in [0.1, 0.15) is 17.3 Å². The summed E-state index contributed by atoms with van der Waals surface area (Å²) in [4.78, 5) is 25.7. The van der Waals surface area contributed by atoms with Crippen LogP contribution in [-0.4, -0.2) is 34.7 Å². The van der Waals surface area contributed by atoms with E-state index < -0.39 is 10.9 Å². The standard InChI is InChI=1S/C20H18N4O6/c1-3-30-20(26)16-17(12-7-5-4-6-8-12)21-19(25)18(16)23-22-14-10-9-13(24(27)28)11-15(14)29-2/h4-11,21,25H,3H2,1-2H3. The molecule has 1 aromatic heterocycles. The van der Waals surface area contributed by atoms with Crippen molar-refractivity contribution >= 4 is 23.0 Å². The number of carbonyl (C=O) groups is 1. The Morgan fingerprint density at radius 3 is 2.57 bits per heavy atom. The van der Waals surface area contributed by atoms with Gasteiger partial charge in [0, 0.05) is 6.07 Å². The lowest BCUT2D eigenvalue weighted by atomic mass is 10.1. The van der Waals surface area contributed by atoms with E-state index >= 15 is 0 Å². The molecule has 10 nitrogen and oxygen atoms in total. The quantitative estimate of drug-likeness (QED) is 0.246. The normalized spacial score (nSPS) is 10.9. The molecule has 3 rings (SSSR count). The molecule has 0 saturated heterocycles. The summed E-state index contributed by atoms with van der Waals surface area (Å²) in [6.07, 6.45) is 0. The largest absolute Gasteiger partial charge is 0.494 e.